The molecule has 0 aromatic heterocycles. The van der Waals surface area contributed by atoms with E-state index in [0.717, 1.165) is 19.4 Å². The summed E-state index contributed by atoms with van der Waals surface area (Å²) in [6.07, 6.45) is 11.8. The molecule has 0 aliphatic carbocycles. The minimum absolute atomic E-state index is 0.137. The molecule has 3 saturated heterocycles. The van der Waals surface area contributed by atoms with Crippen molar-refractivity contribution in [2.75, 3.05) is 13.1 Å². The molecule has 0 radical (unpaired) electrons. The van der Waals surface area contributed by atoms with Gasteiger partial charge in [-0.15, -0.1) is 0 Å². The molecule has 3 aliphatic rings. The highest BCUT2D eigenvalue weighted by molar-refractivity contribution is 5.16. The first-order chi connectivity index (χ1) is 9.30. The summed E-state index contributed by atoms with van der Waals surface area (Å²) in [6.45, 7) is 4.66. The minimum Gasteiger partial charge on any atom is -0.285 e. The van der Waals surface area contributed by atoms with Crippen LogP contribution in [-0.2, 0) is 0 Å². The Morgan fingerprint density at radius 3 is 2.84 bits per heavy atom. The molecule has 0 aromatic rings. The number of hydrogen-bond acceptors (Lipinski definition) is 3. The van der Waals surface area contributed by atoms with Crippen molar-refractivity contribution >= 4 is 0 Å². The zero-order valence-corrected chi connectivity index (χ0v) is 12.3. The smallest absolute Gasteiger partial charge is 0.111 e. The van der Waals surface area contributed by atoms with Crippen LogP contribution in [0.2, 0.25) is 0 Å². The van der Waals surface area contributed by atoms with Crippen molar-refractivity contribution in [1.29, 1.82) is 5.26 Å². The van der Waals surface area contributed by atoms with Crippen LogP contribution >= 0.6 is 0 Å². The number of nitrogens with zero attached hydrogens (tertiary/aromatic N) is 3. The quantitative estimate of drug-likeness (QED) is 0.728. The van der Waals surface area contributed by atoms with Crippen LogP contribution in [-0.4, -0.2) is 40.6 Å². The zero-order valence-electron chi connectivity index (χ0n) is 12.3. The largest absolute Gasteiger partial charge is 0.285 e. The third-order valence-electron chi connectivity index (χ3n) is 5.55. The maximum absolute atomic E-state index is 9.90. The van der Waals surface area contributed by atoms with Crippen LogP contribution < -0.4 is 0 Å². The van der Waals surface area contributed by atoms with Crippen molar-refractivity contribution in [2.45, 2.75) is 82.5 Å². The van der Waals surface area contributed by atoms with Gasteiger partial charge in [0, 0.05) is 12.6 Å². The molecule has 0 bridgehead atoms. The van der Waals surface area contributed by atoms with Gasteiger partial charge in [-0.05, 0) is 45.1 Å². The average molecular weight is 261 g/mol. The number of hydrogen-bond donors (Lipinski definition) is 0. The normalized spacial score (nSPS) is 38.9. The lowest BCUT2D eigenvalue weighted by molar-refractivity contribution is -0.0567. The van der Waals surface area contributed by atoms with Crippen LogP contribution in [0.15, 0.2) is 0 Å². The molecule has 106 valence electrons. The summed E-state index contributed by atoms with van der Waals surface area (Å²) in [5, 5.41) is 9.90. The molecule has 3 atom stereocenters. The molecule has 3 nitrogen and oxygen atoms in total. The van der Waals surface area contributed by atoms with Crippen molar-refractivity contribution in [3.8, 4) is 6.07 Å². The second kappa shape index (κ2) is 5.42. The van der Waals surface area contributed by atoms with Gasteiger partial charge in [0.05, 0.1) is 12.2 Å². The Morgan fingerprint density at radius 1 is 1.21 bits per heavy atom. The molecule has 3 heterocycles. The predicted molar refractivity (Wildman–Crippen MR) is 76.6 cm³/mol. The van der Waals surface area contributed by atoms with Crippen molar-refractivity contribution < 1.29 is 0 Å². The highest BCUT2D eigenvalue weighted by Gasteiger charge is 2.52. The van der Waals surface area contributed by atoms with Crippen LogP contribution in [0.5, 0.6) is 0 Å². The molecule has 0 spiro atoms. The molecule has 0 amide bonds. The van der Waals surface area contributed by atoms with E-state index < -0.39 is 0 Å². The van der Waals surface area contributed by atoms with Gasteiger partial charge in [0.1, 0.15) is 5.54 Å². The van der Waals surface area contributed by atoms with E-state index in [9.17, 15) is 5.26 Å². The van der Waals surface area contributed by atoms with Crippen LogP contribution in [0.4, 0.5) is 0 Å². The molecule has 3 rings (SSSR count). The number of fused-ring (bicyclic) bond motifs is 3. The van der Waals surface area contributed by atoms with Crippen LogP contribution in [0.3, 0.4) is 0 Å². The fourth-order valence-corrected chi connectivity index (χ4v) is 4.65. The molecule has 19 heavy (non-hydrogen) atoms. The Balaban J connectivity index is 1.80. The lowest BCUT2D eigenvalue weighted by Crippen LogP contribution is -2.63. The first-order valence-electron chi connectivity index (χ1n) is 8.24. The number of rotatable bonds is 4. The van der Waals surface area contributed by atoms with E-state index in [-0.39, 0.29) is 5.54 Å². The van der Waals surface area contributed by atoms with Gasteiger partial charge in [-0.2, -0.15) is 5.26 Å². The fourth-order valence-electron chi connectivity index (χ4n) is 4.65. The van der Waals surface area contributed by atoms with E-state index in [1.807, 2.05) is 0 Å². The Morgan fingerprint density at radius 2 is 2.05 bits per heavy atom. The third kappa shape index (κ3) is 2.19. The van der Waals surface area contributed by atoms with Crippen LogP contribution in [0.25, 0.3) is 0 Å². The first-order valence-corrected chi connectivity index (χ1v) is 8.24. The highest BCUT2D eigenvalue weighted by atomic mass is 15.4. The molecule has 3 aliphatic heterocycles. The lowest BCUT2D eigenvalue weighted by Gasteiger charge is -2.51. The van der Waals surface area contributed by atoms with Gasteiger partial charge in [-0.1, -0.05) is 26.2 Å². The van der Waals surface area contributed by atoms with Crippen molar-refractivity contribution in [3.63, 3.8) is 0 Å². The summed E-state index contributed by atoms with van der Waals surface area (Å²) in [4.78, 5) is 5.28. The van der Waals surface area contributed by atoms with Crippen molar-refractivity contribution in [1.82, 2.24) is 9.80 Å². The van der Waals surface area contributed by atoms with E-state index in [1.54, 1.807) is 0 Å². The van der Waals surface area contributed by atoms with Gasteiger partial charge >= 0.3 is 0 Å². The van der Waals surface area contributed by atoms with Gasteiger partial charge in [-0.25, -0.2) is 0 Å². The van der Waals surface area contributed by atoms with Gasteiger partial charge in [0.15, 0.2) is 0 Å². The summed E-state index contributed by atoms with van der Waals surface area (Å²) >= 11 is 0. The SMILES string of the molecule is CCCCC[C@@]1(C#N)C[C@H]2CCCN2[C@H]2CCCN21. The molecule has 3 heteroatoms. The standard InChI is InChI=1S/C16H27N3/c1-2-3-4-9-16(13-17)12-14-7-5-10-18(14)15-8-6-11-19(15)16/h14-15H,2-12H2,1H3/t14-,15-,16+/m1/s1. The summed E-state index contributed by atoms with van der Waals surface area (Å²) in [7, 11) is 0. The second-order valence-electron chi connectivity index (χ2n) is 6.65. The predicted octanol–water partition coefficient (Wildman–Crippen LogP) is 3.12. The fraction of sp³-hybridized carbons (Fsp3) is 0.938. The maximum Gasteiger partial charge on any atom is 0.111 e. The van der Waals surface area contributed by atoms with Crippen LogP contribution in [0, 0.1) is 11.3 Å². The molecule has 3 fully saturated rings. The Kier molecular flexibility index (Phi) is 3.82. The maximum atomic E-state index is 9.90. The lowest BCUT2D eigenvalue weighted by atomic mass is 9.82. The molecular formula is C16H27N3. The van der Waals surface area contributed by atoms with E-state index in [2.05, 4.69) is 22.8 Å². The van der Waals surface area contributed by atoms with E-state index in [0.29, 0.717) is 12.2 Å². The molecule has 0 unspecified atom stereocenters. The van der Waals surface area contributed by atoms with Gasteiger partial charge < -0.3 is 0 Å². The van der Waals surface area contributed by atoms with Crippen LogP contribution in [0.1, 0.15) is 64.7 Å². The zero-order chi connectivity index (χ0) is 13.3. The Bertz CT molecular complexity index is 361. The Hall–Kier alpha value is -0.590. The second-order valence-corrected chi connectivity index (χ2v) is 6.65. The Labute approximate surface area is 117 Å². The minimum atomic E-state index is -0.137. The van der Waals surface area contributed by atoms with E-state index >= 15 is 0 Å². The van der Waals surface area contributed by atoms with Gasteiger partial charge in [0.25, 0.3) is 0 Å². The highest BCUT2D eigenvalue weighted by Crippen LogP contribution is 2.44. The number of unbranched alkanes of at least 4 members (excludes halogenated alkanes) is 2. The molecule has 0 aromatic carbocycles. The van der Waals surface area contributed by atoms with E-state index in [4.69, 9.17) is 0 Å². The summed E-state index contributed by atoms with van der Waals surface area (Å²) in [6, 6.07) is 3.45. The molecule has 0 saturated carbocycles. The average Bonchev–Trinajstić information content (AvgIpc) is 3.06. The monoisotopic (exact) mass is 261 g/mol. The van der Waals surface area contributed by atoms with Gasteiger partial charge in [0.2, 0.25) is 0 Å². The molecule has 0 N–H and O–H groups in total. The number of nitriles is 1. The van der Waals surface area contributed by atoms with Crippen molar-refractivity contribution in [3.05, 3.63) is 0 Å². The summed E-state index contributed by atoms with van der Waals surface area (Å²) < 4.78 is 0. The summed E-state index contributed by atoms with van der Waals surface area (Å²) in [5.41, 5.74) is -0.137. The van der Waals surface area contributed by atoms with E-state index in [1.165, 1.54) is 51.5 Å². The summed E-state index contributed by atoms with van der Waals surface area (Å²) in [5.74, 6) is 0. The van der Waals surface area contributed by atoms with Crippen molar-refractivity contribution in [2.24, 2.45) is 0 Å². The van der Waals surface area contributed by atoms with Gasteiger partial charge in [-0.3, -0.25) is 9.80 Å². The first kappa shape index (κ1) is 13.4. The molecular weight excluding hydrogens is 234 g/mol. The third-order valence-corrected chi connectivity index (χ3v) is 5.55. The topological polar surface area (TPSA) is 30.3 Å².